The van der Waals surface area contributed by atoms with Gasteiger partial charge in [-0.2, -0.15) is 0 Å². The van der Waals surface area contributed by atoms with Crippen LogP contribution in [0.15, 0.2) is 24.3 Å². The Labute approximate surface area is 84.1 Å². The summed E-state index contributed by atoms with van der Waals surface area (Å²) < 4.78 is 23.4. The standard InChI is InChI=1S/C10H13NO2S/c1-2-14(12,13)10-9-6-4-3-5-8(9)7-11-10/h3-6,10-11H,2,7H2,1H3. The molecule has 0 aromatic heterocycles. The minimum Gasteiger partial charge on any atom is -0.293 e. The molecule has 1 atom stereocenters. The summed E-state index contributed by atoms with van der Waals surface area (Å²) in [6.07, 6.45) is 0. The molecule has 0 aliphatic carbocycles. The second kappa shape index (κ2) is 3.37. The number of rotatable bonds is 2. The number of hydrogen-bond acceptors (Lipinski definition) is 3. The van der Waals surface area contributed by atoms with E-state index < -0.39 is 15.2 Å². The average Bonchev–Trinajstić information content (AvgIpc) is 2.61. The first-order valence-corrected chi connectivity index (χ1v) is 6.39. The highest BCUT2D eigenvalue weighted by Gasteiger charge is 2.31. The molecule has 1 unspecified atom stereocenters. The monoisotopic (exact) mass is 211 g/mol. The van der Waals surface area contributed by atoms with Crippen LogP contribution in [-0.4, -0.2) is 14.2 Å². The first-order valence-electron chi connectivity index (χ1n) is 4.68. The van der Waals surface area contributed by atoms with Gasteiger partial charge in [0.2, 0.25) is 0 Å². The number of nitrogens with one attached hydrogen (secondary N) is 1. The highest BCUT2D eigenvalue weighted by Crippen LogP contribution is 2.29. The molecule has 1 aliphatic rings. The Kier molecular flexibility index (Phi) is 2.33. The van der Waals surface area contributed by atoms with Crippen LogP contribution in [0.4, 0.5) is 0 Å². The van der Waals surface area contributed by atoms with E-state index in [-0.39, 0.29) is 5.75 Å². The largest absolute Gasteiger partial charge is 0.293 e. The van der Waals surface area contributed by atoms with Gasteiger partial charge in [-0.05, 0) is 11.1 Å². The van der Waals surface area contributed by atoms with Gasteiger partial charge >= 0.3 is 0 Å². The van der Waals surface area contributed by atoms with Gasteiger partial charge in [0.05, 0.1) is 0 Å². The molecular weight excluding hydrogens is 198 g/mol. The van der Waals surface area contributed by atoms with Gasteiger partial charge in [0.15, 0.2) is 9.84 Å². The zero-order valence-electron chi connectivity index (χ0n) is 8.03. The van der Waals surface area contributed by atoms with Crippen molar-refractivity contribution in [2.24, 2.45) is 0 Å². The summed E-state index contributed by atoms with van der Waals surface area (Å²) in [5, 5.41) is 2.53. The molecule has 1 aromatic rings. The van der Waals surface area contributed by atoms with Gasteiger partial charge in [-0.15, -0.1) is 0 Å². The first kappa shape index (κ1) is 9.68. The highest BCUT2D eigenvalue weighted by molar-refractivity contribution is 7.91. The van der Waals surface area contributed by atoms with Crippen molar-refractivity contribution in [2.45, 2.75) is 18.8 Å². The normalized spacial score (nSPS) is 20.8. The Morgan fingerprint density at radius 1 is 1.43 bits per heavy atom. The quantitative estimate of drug-likeness (QED) is 0.800. The Hall–Kier alpha value is -0.870. The molecule has 4 heteroatoms. The lowest BCUT2D eigenvalue weighted by molar-refractivity contribution is 0.569. The second-order valence-electron chi connectivity index (χ2n) is 3.41. The van der Waals surface area contributed by atoms with Gasteiger partial charge < -0.3 is 0 Å². The van der Waals surface area contributed by atoms with Gasteiger partial charge in [0.1, 0.15) is 5.37 Å². The molecule has 1 aromatic carbocycles. The molecule has 2 rings (SSSR count). The number of sulfone groups is 1. The van der Waals surface area contributed by atoms with Crippen LogP contribution in [0, 0.1) is 0 Å². The SMILES string of the molecule is CCS(=O)(=O)C1NCc2ccccc21. The van der Waals surface area contributed by atoms with Crippen molar-refractivity contribution in [3.05, 3.63) is 35.4 Å². The fraction of sp³-hybridized carbons (Fsp3) is 0.400. The second-order valence-corrected chi connectivity index (χ2v) is 5.79. The van der Waals surface area contributed by atoms with E-state index in [1.165, 1.54) is 0 Å². The van der Waals surface area contributed by atoms with Crippen molar-refractivity contribution in [1.82, 2.24) is 5.32 Å². The van der Waals surface area contributed by atoms with Crippen molar-refractivity contribution in [1.29, 1.82) is 0 Å². The molecule has 3 nitrogen and oxygen atoms in total. The number of fused-ring (bicyclic) bond motifs is 1. The summed E-state index contributed by atoms with van der Waals surface area (Å²) in [5.74, 6) is 0.180. The molecule has 0 saturated carbocycles. The van der Waals surface area contributed by atoms with E-state index in [0.717, 1.165) is 11.1 Å². The molecule has 14 heavy (non-hydrogen) atoms. The lowest BCUT2D eigenvalue weighted by Gasteiger charge is -2.11. The lowest BCUT2D eigenvalue weighted by atomic mass is 10.1. The van der Waals surface area contributed by atoms with E-state index in [0.29, 0.717) is 6.54 Å². The minimum absolute atomic E-state index is 0.180. The van der Waals surface area contributed by atoms with Crippen molar-refractivity contribution in [2.75, 3.05) is 5.75 Å². The third-order valence-corrected chi connectivity index (χ3v) is 4.52. The van der Waals surface area contributed by atoms with Gasteiger partial charge in [0, 0.05) is 12.3 Å². The predicted octanol–water partition coefficient (Wildman–Crippen LogP) is 1.22. The minimum atomic E-state index is -3.02. The van der Waals surface area contributed by atoms with E-state index in [2.05, 4.69) is 5.32 Å². The lowest BCUT2D eigenvalue weighted by Crippen LogP contribution is -2.23. The topological polar surface area (TPSA) is 46.2 Å². The highest BCUT2D eigenvalue weighted by atomic mass is 32.2. The third-order valence-electron chi connectivity index (χ3n) is 2.58. The summed E-state index contributed by atoms with van der Waals surface area (Å²) >= 11 is 0. The molecule has 0 spiro atoms. The molecule has 0 bridgehead atoms. The summed E-state index contributed by atoms with van der Waals surface area (Å²) in [6, 6.07) is 7.66. The van der Waals surface area contributed by atoms with Crippen LogP contribution in [0.2, 0.25) is 0 Å². The Bertz CT molecular complexity index is 439. The zero-order valence-corrected chi connectivity index (χ0v) is 8.84. The smallest absolute Gasteiger partial charge is 0.170 e. The fourth-order valence-corrected chi connectivity index (χ4v) is 3.04. The summed E-state index contributed by atoms with van der Waals surface area (Å²) in [7, 11) is -3.02. The van der Waals surface area contributed by atoms with Crippen LogP contribution in [0.3, 0.4) is 0 Å². The summed E-state index contributed by atoms with van der Waals surface area (Å²) in [6.45, 7) is 2.33. The molecule has 0 saturated heterocycles. The molecule has 1 heterocycles. The van der Waals surface area contributed by atoms with Crippen LogP contribution < -0.4 is 5.32 Å². The van der Waals surface area contributed by atoms with E-state index >= 15 is 0 Å². The molecule has 0 fully saturated rings. The maximum Gasteiger partial charge on any atom is 0.170 e. The van der Waals surface area contributed by atoms with E-state index in [1.807, 2.05) is 24.3 Å². The van der Waals surface area contributed by atoms with Gasteiger partial charge in [0.25, 0.3) is 0 Å². The average molecular weight is 211 g/mol. The Balaban J connectivity index is 2.45. The molecule has 0 radical (unpaired) electrons. The van der Waals surface area contributed by atoms with Gasteiger partial charge in [-0.3, -0.25) is 5.32 Å². The molecule has 0 amide bonds. The van der Waals surface area contributed by atoms with Crippen molar-refractivity contribution in [3.8, 4) is 0 Å². The Morgan fingerprint density at radius 3 is 2.86 bits per heavy atom. The number of hydrogen-bond donors (Lipinski definition) is 1. The van der Waals surface area contributed by atoms with Crippen LogP contribution in [-0.2, 0) is 16.4 Å². The van der Waals surface area contributed by atoms with Gasteiger partial charge in [-0.25, -0.2) is 8.42 Å². The third kappa shape index (κ3) is 1.44. The maximum absolute atomic E-state index is 11.7. The van der Waals surface area contributed by atoms with Crippen LogP contribution in [0.5, 0.6) is 0 Å². The predicted molar refractivity (Wildman–Crippen MR) is 55.5 cm³/mol. The van der Waals surface area contributed by atoms with Crippen molar-refractivity contribution < 1.29 is 8.42 Å². The summed E-state index contributed by atoms with van der Waals surface area (Å²) in [5.41, 5.74) is 2.00. The van der Waals surface area contributed by atoms with E-state index in [9.17, 15) is 8.42 Å². The van der Waals surface area contributed by atoms with Crippen LogP contribution in [0.25, 0.3) is 0 Å². The first-order chi connectivity index (χ1) is 6.65. The van der Waals surface area contributed by atoms with Gasteiger partial charge in [-0.1, -0.05) is 31.2 Å². The molecular formula is C10H13NO2S. The molecule has 76 valence electrons. The zero-order chi connectivity index (χ0) is 10.2. The van der Waals surface area contributed by atoms with Crippen molar-refractivity contribution in [3.63, 3.8) is 0 Å². The van der Waals surface area contributed by atoms with Crippen LogP contribution >= 0.6 is 0 Å². The molecule has 1 N–H and O–H groups in total. The maximum atomic E-state index is 11.7. The fourth-order valence-electron chi connectivity index (χ4n) is 1.75. The van der Waals surface area contributed by atoms with Crippen LogP contribution in [0.1, 0.15) is 23.4 Å². The van der Waals surface area contributed by atoms with E-state index in [4.69, 9.17) is 0 Å². The van der Waals surface area contributed by atoms with Crippen molar-refractivity contribution >= 4 is 9.84 Å². The number of benzene rings is 1. The Morgan fingerprint density at radius 2 is 2.14 bits per heavy atom. The summed E-state index contributed by atoms with van der Waals surface area (Å²) in [4.78, 5) is 0. The molecule has 1 aliphatic heterocycles. The van der Waals surface area contributed by atoms with E-state index in [1.54, 1.807) is 6.92 Å².